The SMILES string of the molecule is Brc1cc(Br)c2c(c1)N=C1CCCCCN1C2. The Hall–Kier alpha value is -0.350. The van der Waals surface area contributed by atoms with Crippen molar-refractivity contribution in [2.24, 2.45) is 4.99 Å². The molecule has 0 unspecified atom stereocenters. The van der Waals surface area contributed by atoms with Gasteiger partial charge in [-0.15, -0.1) is 0 Å². The molecule has 0 amide bonds. The third-order valence-electron chi connectivity index (χ3n) is 3.43. The van der Waals surface area contributed by atoms with Crippen LogP contribution in [-0.4, -0.2) is 17.3 Å². The second-order valence-electron chi connectivity index (χ2n) is 4.65. The zero-order valence-corrected chi connectivity index (χ0v) is 12.7. The Balaban J connectivity index is 2.05. The molecule has 90 valence electrons. The quantitative estimate of drug-likeness (QED) is 0.660. The number of nitrogens with zero attached hydrogens (tertiary/aromatic N) is 2. The molecule has 0 bridgehead atoms. The van der Waals surface area contributed by atoms with Crippen LogP contribution in [0.4, 0.5) is 5.69 Å². The van der Waals surface area contributed by atoms with E-state index in [4.69, 9.17) is 4.99 Å². The Bertz CT molecular complexity index is 483. The highest BCUT2D eigenvalue weighted by Crippen LogP contribution is 2.36. The van der Waals surface area contributed by atoms with E-state index >= 15 is 0 Å². The van der Waals surface area contributed by atoms with Crippen molar-refractivity contribution in [1.29, 1.82) is 0 Å². The number of halogens is 2. The molecule has 17 heavy (non-hydrogen) atoms. The lowest BCUT2D eigenvalue weighted by Crippen LogP contribution is -2.32. The number of hydrogen-bond acceptors (Lipinski definition) is 2. The van der Waals surface area contributed by atoms with Crippen molar-refractivity contribution in [3.63, 3.8) is 0 Å². The first-order valence-electron chi connectivity index (χ1n) is 6.04. The topological polar surface area (TPSA) is 15.6 Å². The van der Waals surface area contributed by atoms with E-state index in [1.54, 1.807) is 0 Å². The maximum absolute atomic E-state index is 4.83. The van der Waals surface area contributed by atoms with Crippen LogP contribution in [0.25, 0.3) is 0 Å². The van der Waals surface area contributed by atoms with Gasteiger partial charge in [0.15, 0.2) is 0 Å². The monoisotopic (exact) mass is 356 g/mol. The van der Waals surface area contributed by atoms with E-state index in [0.29, 0.717) is 0 Å². The molecule has 0 atom stereocenters. The van der Waals surface area contributed by atoms with E-state index in [0.717, 1.165) is 34.1 Å². The third-order valence-corrected chi connectivity index (χ3v) is 4.59. The Morgan fingerprint density at radius 3 is 2.88 bits per heavy atom. The number of amidine groups is 1. The van der Waals surface area contributed by atoms with Gasteiger partial charge in [-0.3, -0.25) is 0 Å². The summed E-state index contributed by atoms with van der Waals surface area (Å²) in [6, 6.07) is 4.23. The first-order valence-corrected chi connectivity index (χ1v) is 7.63. The smallest absolute Gasteiger partial charge is 0.105 e. The molecular formula is C13H14Br2N2. The van der Waals surface area contributed by atoms with Crippen LogP contribution in [0.5, 0.6) is 0 Å². The van der Waals surface area contributed by atoms with Gasteiger partial charge in [-0.25, -0.2) is 4.99 Å². The zero-order chi connectivity index (χ0) is 11.8. The molecule has 2 aliphatic heterocycles. The number of rotatable bonds is 0. The largest absolute Gasteiger partial charge is 0.356 e. The predicted molar refractivity (Wildman–Crippen MR) is 77.8 cm³/mol. The molecule has 4 heteroatoms. The maximum Gasteiger partial charge on any atom is 0.105 e. The average molecular weight is 358 g/mol. The minimum Gasteiger partial charge on any atom is -0.356 e. The van der Waals surface area contributed by atoms with Crippen molar-refractivity contribution in [2.75, 3.05) is 6.54 Å². The molecule has 0 saturated carbocycles. The zero-order valence-electron chi connectivity index (χ0n) is 9.55. The number of aliphatic imine (C=N–C) groups is 1. The fraction of sp³-hybridized carbons (Fsp3) is 0.462. The van der Waals surface area contributed by atoms with Crippen LogP contribution in [0.1, 0.15) is 31.2 Å². The lowest BCUT2D eigenvalue weighted by Gasteiger charge is -2.29. The summed E-state index contributed by atoms with van der Waals surface area (Å²) < 4.78 is 2.25. The van der Waals surface area contributed by atoms with Gasteiger partial charge in [0.05, 0.1) is 5.69 Å². The molecule has 1 fully saturated rings. The van der Waals surface area contributed by atoms with Crippen molar-refractivity contribution in [2.45, 2.75) is 32.2 Å². The Morgan fingerprint density at radius 2 is 2.00 bits per heavy atom. The number of hydrogen-bond donors (Lipinski definition) is 0. The lowest BCUT2D eigenvalue weighted by atomic mass is 10.1. The van der Waals surface area contributed by atoms with Crippen LogP contribution in [-0.2, 0) is 6.54 Å². The van der Waals surface area contributed by atoms with Gasteiger partial charge in [0.25, 0.3) is 0 Å². The Labute approximate surface area is 118 Å². The van der Waals surface area contributed by atoms with E-state index in [9.17, 15) is 0 Å². The second-order valence-corrected chi connectivity index (χ2v) is 6.42. The summed E-state index contributed by atoms with van der Waals surface area (Å²) in [5.74, 6) is 1.28. The average Bonchev–Trinajstić information content (AvgIpc) is 2.51. The molecule has 3 rings (SSSR count). The minimum atomic E-state index is 1.00. The van der Waals surface area contributed by atoms with Crippen molar-refractivity contribution in [3.8, 4) is 0 Å². The number of fused-ring (bicyclic) bond motifs is 2. The van der Waals surface area contributed by atoms with Gasteiger partial charge in [-0.1, -0.05) is 38.3 Å². The highest BCUT2D eigenvalue weighted by Gasteiger charge is 2.22. The summed E-state index contributed by atoms with van der Waals surface area (Å²) >= 11 is 7.17. The molecular weight excluding hydrogens is 344 g/mol. The Kier molecular flexibility index (Phi) is 3.26. The fourth-order valence-corrected chi connectivity index (χ4v) is 3.85. The van der Waals surface area contributed by atoms with Crippen LogP contribution < -0.4 is 0 Å². The van der Waals surface area contributed by atoms with Gasteiger partial charge in [0.2, 0.25) is 0 Å². The van der Waals surface area contributed by atoms with Crippen LogP contribution in [0.15, 0.2) is 26.1 Å². The predicted octanol–water partition coefficient (Wildman–Crippen LogP) is 4.63. The first kappa shape index (κ1) is 11.7. The molecule has 2 heterocycles. The molecule has 2 nitrogen and oxygen atoms in total. The van der Waals surface area contributed by atoms with Gasteiger partial charge < -0.3 is 4.90 Å². The van der Waals surface area contributed by atoms with Crippen LogP contribution in [0.2, 0.25) is 0 Å². The van der Waals surface area contributed by atoms with E-state index in [1.807, 2.05) is 0 Å². The van der Waals surface area contributed by atoms with Gasteiger partial charge in [0.1, 0.15) is 5.84 Å². The molecule has 0 aromatic heterocycles. The molecule has 0 aliphatic carbocycles. The van der Waals surface area contributed by atoms with Gasteiger partial charge in [-0.2, -0.15) is 0 Å². The van der Waals surface area contributed by atoms with Gasteiger partial charge in [0, 0.05) is 34.0 Å². The standard InChI is InChI=1S/C13H14Br2N2/c14-9-6-11(15)10-8-17-5-3-1-2-4-13(17)16-12(10)7-9/h6-7H,1-5,8H2. The van der Waals surface area contributed by atoms with Crippen molar-refractivity contribution < 1.29 is 0 Å². The van der Waals surface area contributed by atoms with Crippen LogP contribution in [0.3, 0.4) is 0 Å². The molecule has 0 spiro atoms. The van der Waals surface area contributed by atoms with Crippen molar-refractivity contribution >= 4 is 43.4 Å². The second kappa shape index (κ2) is 4.73. The Morgan fingerprint density at radius 1 is 1.12 bits per heavy atom. The lowest BCUT2D eigenvalue weighted by molar-refractivity contribution is 0.402. The molecule has 1 aromatic carbocycles. The molecule has 0 N–H and O–H groups in total. The minimum absolute atomic E-state index is 1.00. The summed E-state index contributed by atoms with van der Waals surface area (Å²) in [5.41, 5.74) is 2.44. The highest BCUT2D eigenvalue weighted by atomic mass is 79.9. The van der Waals surface area contributed by atoms with Gasteiger partial charge in [-0.05, 0) is 25.0 Å². The fourth-order valence-electron chi connectivity index (χ4n) is 2.52. The van der Waals surface area contributed by atoms with E-state index in [-0.39, 0.29) is 0 Å². The summed E-state index contributed by atoms with van der Waals surface area (Å²) in [6.45, 7) is 2.16. The van der Waals surface area contributed by atoms with Crippen LogP contribution >= 0.6 is 31.9 Å². The summed E-state index contributed by atoms with van der Waals surface area (Å²) in [6.07, 6.45) is 5.03. The summed E-state index contributed by atoms with van der Waals surface area (Å²) in [4.78, 5) is 7.27. The molecule has 2 aliphatic rings. The third kappa shape index (κ3) is 2.29. The normalized spacial score (nSPS) is 19.2. The first-order chi connectivity index (χ1) is 8.24. The maximum atomic E-state index is 4.83. The summed E-state index contributed by atoms with van der Waals surface area (Å²) in [7, 11) is 0. The van der Waals surface area contributed by atoms with Crippen molar-refractivity contribution in [3.05, 3.63) is 26.6 Å². The summed E-state index contributed by atoms with van der Waals surface area (Å²) in [5, 5.41) is 0. The van der Waals surface area contributed by atoms with E-state index in [1.165, 1.54) is 30.7 Å². The van der Waals surface area contributed by atoms with Crippen molar-refractivity contribution in [1.82, 2.24) is 4.90 Å². The van der Waals surface area contributed by atoms with Gasteiger partial charge >= 0.3 is 0 Å². The van der Waals surface area contributed by atoms with E-state index in [2.05, 4.69) is 48.9 Å². The molecule has 0 radical (unpaired) electrons. The highest BCUT2D eigenvalue weighted by molar-refractivity contribution is 9.11. The number of benzene rings is 1. The van der Waals surface area contributed by atoms with Crippen LogP contribution in [0, 0.1) is 0 Å². The molecule has 1 aromatic rings. The molecule has 1 saturated heterocycles. The van der Waals surface area contributed by atoms with E-state index < -0.39 is 0 Å².